The van der Waals surface area contributed by atoms with Crippen LogP contribution < -0.4 is 0 Å². The third kappa shape index (κ3) is 3.68. The van der Waals surface area contributed by atoms with Crippen LogP contribution in [0.25, 0.3) is 22.5 Å². The van der Waals surface area contributed by atoms with Crippen LogP contribution in [0.5, 0.6) is 0 Å². The lowest BCUT2D eigenvalue weighted by Gasteiger charge is -2.14. The van der Waals surface area contributed by atoms with E-state index in [0.29, 0.717) is 13.0 Å². The lowest BCUT2D eigenvalue weighted by Crippen LogP contribution is -2.06. The van der Waals surface area contributed by atoms with Gasteiger partial charge in [-0.3, -0.25) is 4.68 Å². The Bertz CT molecular complexity index is 990. The van der Waals surface area contributed by atoms with E-state index in [0.717, 1.165) is 29.1 Å². The van der Waals surface area contributed by atoms with Crippen LogP contribution in [0.2, 0.25) is 0 Å². The summed E-state index contributed by atoms with van der Waals surface area (Å²) in [7, 11) is 0. The van der Waals surface area contributed by atoms with Gasteiger partial charge < -0.3 is 9.67 Å². The summed E-state index contributed by atoms with van der Waals surface area (Å²) < 4.78 is 4.07. The molecule has 1 N–H and O–H groups in total. The number of aliphatic hydroxyl groups excluding tert-OH is 1. The first-order valence-electron chi connectivity index (χ1n) is 9.14. The summed E-state index contributed by atoms with van der Waals surface area (Å²) in [5.74, 6) is 0. The van der Waals surface area contributed by atoms with Crippen molar-refractivity contribution in [3.05, 3.63) is 84.9 Å². The Hall–Kier alpha value is -3.18. The number of aromatic nitrogens is 4. The van der Waals surface area contributed by atoms with Crippen LogP contribution in [-0.4, -0.2) is 31.0 Å². The molecule has 0 bridgehead atoms. The summed E-state index contributed by atoms with van der Waals surface area (Å²) in [4.78, 5) is 4.71. The quantitative estimate of drug-likeness (QED) is 0.546. The monoisotopic (exact) mass is 358 g/mol. The molecule has 0 spiro atoms. The van der Waals surface area contributed by atoms with Crippen molar-refractivity contribution >= 4 is 0 Å². The summed E-state index contributed by atoms with van der Waals surface area (Å²) in [5.41, 5.74) is 5.45. The van der Waals surface area contributed by atoms with E-state index in [4.69, 9.17) is 4.98 Å². The maximum absolute atomic E-state index is 9.29. The minimum absolute atomic E-state index is 0.160. The molecule has 4 rings (SSSR count). The topological polar surface area (TPSA) is 55.9 Å². The maximum Gasteiger partial charge on any atom is 0.0963 e. The molecular weight excluding hydrogens is 336 g/mol. The van der Waals surface area contributed by atoms with E-state index < -0.39 is 0 Å². The van der Waals surface area contributed by atoms with Crippen molar-refractivity contribution < 1.29 is 5.11 Å². The van der Waals surface area contributed by atoms with Crippen LogP contribution in [-0.2, 0) is 13.1 Å². The van der Waals surface area contributed by atoms with Crippen molar-refractivity contribution in [2.24, 2.45) is 0 Å². The van der Waals surface area contributed by atoms with Crippen LogP contribution in [0.1, 0.15) is 12.0 Å². The standard InChI is InChI=1S/C22H22N4O/c27-15-7-13-25-17-23-21(18-8-2-1-3-9-18)22(25)20-11-5-4-10-19(20)16-26-14-6-12-24-26/h1-6,8-12,14,17,27H,7,13,15-16H2. The van der Waals surface area contributed by atoms with Gasteiger partial charge in [-0.2, -0.15) is 5.10 Å². The fourth-order valence-corrected chi connectivity index (χ4v) is 3.34. The number of hydrogen-bond acceptors (Lipinski definition) is 3. The minimum atomic E-state index is 0.160. The molecular formula is C22H22N4O. The Morgan fingerprint density at radius 3 is 2.52 bits per heavy atom. The van der Waals surface area contributed by atoms with Gasteiger partial charge in [0.15, 0.2) is 0 Å². The summed E-state index contributed by atoms with van der Waals surface area (Å²) in [6.45, 7) is 1.58. The second-order valence-corrected chi connectivity index (χ2v) is 6.44. The van der Waals surface area contributed by atoms with Crippen molar-refractivity contribution in [1.29, 1.82) is 0 Å². The number of nitrogens with zero attached hydrogens (tertiary/aromatic N) is 4. The number of rotatable bonds is 7. The predicted molar refractivity (Wildman–Crippen MR) is 106 cm³/mol. The van der Waals surface area contributed by atoms with E-state index in [1.165, 1.54) is 5.56 Å². The summed E-state index contributed by atoms with van der Waals surface area (Å²) in [5, 5.41) is 13.6. The van der Waals surface area contributed by atoms with Crippen molar-refractivity contribution in [2.45, 2.75) is 19.5 Å². The highest BCUT2D eigenvalue weighted by Gasteiger charge is 2.17. The van der Waals surface area contributed by atoms with E-state index in [9.17, 15) is 5.11 Å². The predicted octanol–water partition coefficient (Wildman–Crippen LogP) is 3.84. The average molecular weight is 358 g/mol. The molecule has 27 heavy (non-hydrogen) atoms. The zero-order chi connectivity index (χ0) is 18.5. The molecule has 0 saturated heterocycles. The van der Waals surface area contributed by atoms with Gasteiger partial charge in [-0.25, -0.2) is 4.98 Å². The Kier molecular flexibility index (Phi) is 5.12. The fraction of sp³-hybridized carbons (Fsp3) is 0.182. The van der Waals surface area contributed by atoms with Crippen molar-refractivity contribution in [1.82, 2.24) is 19.3 Å². The highest BCUT2D eigenvalue weighted by Crippen LogP contribution is 2.33. The molecule has 2 aromatic carbocycles. The van der Waals surface area contributed by atoms with Crippen LogP contribution >= 0.6 is 0 Å². The molecule has 0 radical (unpaired) electrons. The molecule has 136 valence electrons. The molecule has 2 heterocycles. The summed E-state index contributed by atoms with van der Waals surface area (Å²) >= 11 is 0. The van der Waals surface area contributed by atoms with E-state index in [1.54, 1.807) is 6.20 Å². The van der Waals surface area contributed by atoms with E-state index in [1.807, 2.05) is 41.5 Å². The minimum Gasteiger partial charge on any atom is -0.396 e. The van der Waals surface area contributed by atoms with Gasteiger partial charge in [0.2, 0.25) is 0 Å². The molecule has 4 aromatic rings. The van der Waals surface area contributed by atoms with Gasteiger partial charge in [-0.05, 0) is 18.1 Å². The largest absolute Gasteiger partial charge is 0.396 e. The molecule has 0 fully saturated rings. The second-order valence-electron chi connectivity index (χ2n) is 6.44. The molecule has 5 heteroatoms. The molecule has 0 unspecified atom stereocenters. The van der Waals surface area contributed by atoms with Crippen LogP contribution in [0.4, 0.5) is 0 Å². The number of benzene rings is 2. The highest BCUT2D eigenvalue weighted by atomic mass is 16.3. The summed E-state index contributed by atoms with van der Waals surface area (Å²) in [6.07, 6.45) is 6.33. The van der Waals surface area contributed by atoms with Gasteiger partial charge in [0.05, 0.1) is 24.3 Å². The normalized spacial score (nSPS) is 11.0. The SMILES string of the molecule is OCCCn1cnc(-c2ccccc2)c1-c1ccccc1Cn1cccn1. The van der Waals surface area contributed by atoms with E-state index in [2.05, 4.69) is 46.1 Å². The lowest BCUT2D eigenvalue weighted by atomic mass is 9.99. The van der Waals surface area contributed by atoms with Crippen LogP contribution in [0.3, 0.4) is 0 Å². The number of hydrogen-bond donors (Lipinski definition) is 1. The molecule has 0 atom stereocenters. The van der Waals surface area contributed by atoms with Gasteiger partial charge in [-0.15, -0.1) is 0 Å². The average Bonchev–Trinajstić information content (AvgIpc) is 3.37. The Morgan fingerprint density at radius 2 is 1.74 bits per heavy atom. The summed E-state index contributed by atoms with van der Waals surface area (Å²) in [6, 6.07) is 20.5. The van der Waals surface area contributed by atoms with Crippen LogP contribution in [0.15, 0.2) is 79.4 Å². The molecule has 0 saturated carbocycles. The smallest absolute Gasteiger partial charge is 0.0963 e. The fourth-order valence-electron chi connectivity index (χ4n) is 3.34. The van der Waals surface area contributed by atoms with Gasteiger partial charge in [0, 0.05) is 36.7 Å². The molecule has 2 aromatic heterocycles. The zero-order valence-corrected chi connectivity index (χ0v) is 15.1. The van der Waals surface area contributed by atoms with Crippen LogP contribution in [0, 0.1) is 0 Å². The molecule has 0 amide bonds. The molecule has 5 nitrogen and oxygen atoms in total. The van der Waals surface area contributed by atoms with Gasteiger partial charge in [0.25, 0.3) is 0 Å². The Morgan fingerprint density at radius 1 is 0.926 bits per heavy atom. The first kappa shape index (κ1) is 17.2. The third-order valence-corrected chi connectivity index (χ3v) is 4.61. The molecule has 0 aliphatic carbocycles. The van der Waals surface area contributed by atoms with Gasteiger partial charge in [0.1, 0.15) is 0 Å². The number of aryl methyl sites for hydroxylation is 1. The second kappa shape index (κ2) is 8.01. The highest BCUT2D eigenvalue weighted by molar-refractivity contribution is 5.80. The Balaban J connectivity index is 1.84. The third-order valence-electron chi connectivity index (χ3n) is 4.61. The molecule has 0 aliphatic heterocycles. The maximum atomic E-state index is 9.29. The van der Waals surface area contributed by atoms with Gasteiger partial charge >= 0.3 is 0 Å². The lowest BCUT2D eigenvalue weighted by molar-refractivity contribution is 0.280. The Labute approximate surface area is 158 Å². The van der Waals surface area contributed by atoms with Gasteiger partial charge in [-0.1, -0.05) is 54.6 Å². The molecule has 0 aliphatic rings. The number of aliphatic hydroxyl groups is 1. The van der Waals surface area contributed by atoms with E-state index >= 15 is 0 Å². The zero-order valence-electron chi connectivity index (χ0n) is 15.1. The van der Waals surface area contributed by atoms with E-state index in [-0.39, 0.29) is 6.61 Å². The van der Waals surface area contributed by atoms with Crippen molar-refractivity contribution in [3.63, 3.8) is 0 Å². The first-order valence-corrected chi connectivity index (χ1v) is 9.14. The van der Waals surface area contributed by atoms with Crippen molar-refractivity contribution in [3.8, 4) is 22.5 Å². The van der Waals surface area contributed by atoms with Crippen molar-refractivity contribution in [2.75, 3.05) is 6.61 Å². The first-order chi connectivity index (χ1) is 13.4. The number of imidazole rings is 1.